The number of carbonyl (C=O) groups is 1. The van der Waals surface area contributed by atoms with E-state index < -0.39 is 46.1 Å². The first-order chi connectivity index (χ1) is 13.0. The topological polar surface area (TPSA) is 72.5 Å². The van der Waals surface area contributed by atoms with Crippen molar-refractivity contribution in [1.82, 2.24) is 0 Å². The first-order valence-electron chi connectivity index (χ1n) is 10.2. The van der Waals surface area contributed by atoms with Crippen molar-refractivity contribution in [3.63, 3.8) is 0 Å². The molecular formula is C18H42O7Si4. The second-order valence-electron chi connectivity index (χ2n) is 9.78. The van der Waals surface area contributed by atoms with Gasteiger partial charge >= 0.3 is 15.0 Å². The summed E-state index contributed by atoms with van der Waals surface area (Å²) >= 11 is 0. The van der Waals surface area contributed by atoms with Crippen molar-refractivity contribution in [3.05, 3.63) is 12.7 Å². The van der Waals surface area contributed by atoms with Crippen molar-refractivity contribution in [2.45, 2.75) is 78.4 Å². The molecule has 0 radical (unpaired) electrons. The Hall–Kier alpha value is -0.122. The van der Waals surface area contributed by atoms with E-state index in [9.17, 15) is 4.79 Å². The van der Waals surface area contributed by atoms with Crippen LogP contribution in [-0.2, 0) is 31.0 Å². The molecule has 172 valence electrons. The molecule has 0 aliphatic rings. The molecule has 0 aliphatic carbocycles. The minimum Gasteiger partial charge on any atom is -0.460 e. The molecule has 0 fully saturated rings. The Morgan fingerprint density at radius 1 is 0.862 bits per heavy atom. The third kappa shape index (κ3) is 15.3. The zero-order valence-electron chi connectivity index (χ0n) is 20.0. The third-order valence-electron chi connectivity index (χ3n) is 2.88. The summed E-state index contributed by atoms with van der Waals surface area (Å²) in [5.41, 5.74) is 0. The van der Waals surface area contributed by atoms with Crippen LogP contribution in [0.5, 0.6) is 0 Å². The fourth-order valence-corrected chi connectivity index (χ4v) is 13.9. The van der Waals surface area contributed by atoms with Gasteiger partial charge < -0.3 is 26.2 Å². The number of rotatable bonds is 15. The van der Waals surface area contributed by atoms with Gasteiger partial charge in [0.15, 0.2) is 25.0 Å². The largest absolute Gasteiger partial charge is 0.647 e. The fraction of sp³-hybridized carbons (Fsp3) is 0.833. The normalized spacial score (nSPS) is 14.6. The zero-order valence-corrected chi connectivity index (χ0v) is 24.0. The predicted molar refractivity (Wildman–Crippen MR) is 126 cm³/mol. The van der Waals surface area contributed by atoms with Gasteiger partial charge in [-0.15, -0.1) is 0 Å². The van der Waals surface area contributed by atoms with E-state index in [0.29, 0.717) is 6.61 Å². The van der Waals surface area contributed by atoms with Crippen LogP contribution in [0.2, 0.25) is 58.9 Å². The van der Waals surface area contributed by atoms with Crippen molar-refractivity contribution in [2.75, 3.05) is 19.8 Å². The molecule has 0 amide bonds. The number of hydrogen-bond donors (Lipinski definition) is 0. The van der Waals surface area contributed by atoms with E-state index in [0.717, 1.165) is 12.5 Å². The third-order valence-corrected chi connectivity index (χ3v) is 13.7. The molecule has 0 aromatic carbocycles. The van der Waals surface area contributed by atoms with Gasteiger partial charge in [0.25, 0.3) is 0 Å². The summed E-state index contributed by atoms with van der Waals surface area (Å²) in [7, 11) is -9.54. The molecule has 0 saturated heterocycles. The van der Waals surface area contributed by atoms with Crippen LogP contribution in [0.15, 0.2) is 12.7 Å². The van der Waals surface area contributed by atoms with E-state index in [1.165, 1.54) is 0 Å². The lowest BCUT2D eigenvalue weighted by Crippen LogP contribution is -2.63. The fourth-order valence-electron chi connectivity index (χ4n) is 2.13. The summed E-state index contributed by atoms with van der Waals surface area (Å²) in [6, 6.07) is 0. The lowest BCUT2D eigenvalue weighted by atomic mass is 10.4. The number of hydrogen-bond acceptors (Lipinski definition) is 7. The SMILES string of the molecule is C=CC(=O)OCC(CO[Si](O[Si](C)(C)C)(O[Si](C)(C)C)O[Si](C)(C)C)OCCC. The molecule has 7 nitrogen and oxygen atoms in total. The monoisotopic (exact) mass is 482 g/mol. The minimum absolute atomic E-state index is 0.0716. The average molecular weight is 483 g/mol. The van der Waals surface area contributed by atoms with Crippen LogP contribution in [0.25, 0.3) is 0 Å². The van der Waals surface area contributed by atoms with Crippen LogP contribution in [-0.4, -0.2) is 65.9 Å². The molecule has 29 heavy (non-hydrogen) atoms. The summed E-state index contributed by atoms with van der Waals surface area (Å²) in [6.45, 7) is 25.0. The average Bonchev–Trinajstić information content (AvgIpc) is 2.48. The lowest BCUT2D eigenvalue weighted by molar-refractivity contribution is -0.143. The van der Waals surface area contributed by atoms with Crippen molar-refractivity contribution in [1.29, 1.82) is 0 Å². The lowest BCUT2D eigenvalue weighted by Gasteiger charge is -2.41. The molecule has 1 unspecified atom stereocenters. The van der Waals surface area contributed by atoms with Gasteiger partial charge in [0.1, 0.15) is 12.7 Å². The summed E-state index contributed by atoms with van der Waals surface area (Å²) in [6.07, 6.45) is 1.54. The van der Waals surface area contributed by atoms with Crippen molar-refractivity contribution < 1.29 is 31.0 Å². The summed E-state index contributed by atoms with van der Waals surface area (Å²) in [4.78, 5) is 11.5. The Kier molecular flexibility index (Phi) is 12.0. The highest BCUT2D eigenvalue weighted by atomic mass is 28.5. The molecule has 0 saturated carbocycles. The van der Waals surface area contributed by atoms with E-state index in [1.54, 1.807) is 0 Å². The van der Waals surface area contributed by atoms with Crippen LogP contribution in [0.1, 0.15) is 13.3 Å². The van der Waals surface area contributed by atoms with Crippen LogP contribution >= 0.6 is 0 Å². The summed E-state index contributed by atoms with van der Waals surface area (Å²) in [5.74, 6) is -0.492. The van der Waals surface area contributed by atoms with Crippen molar-refractivity contribution >= 4 is 40.0 Å². The van der Waals surface area contributed by atoms with E-state index in [1.807, 2.05) is 6.92 Å². The minimum atomic E-state index is -3.42. The number of carbonyl (C=O) groups excluding carboxylic acids is 1. The molecule has 0 aromatic rings. The second-order valence-corrected chi connectivity index (χ2v) is 26.2. The van der Waals surface area contributed by atoms with E-state index >= 15 is 0 Å². The van der Waals surface area contributed by atoms with E-state index in [-0.39, 0.29) is 13.2 Å². The maximum absolute atomic E-state index is 11.5. The molecule has 1 atom stereocenters. The van der Waals surface area contributed by atoms with Gasteiger partial charge in [0.05, 0.1) is 6.61 Å². The molecule has 0 aliphatic heterocycles. The van der Waals surface area contributed by atoms with Gasteiger partial charge in [-0.25, -0.2) is 4.79 Å². The maximum atomic E-state index is 11.5. The molecule has 0 aromatic heterocycles. The highest BCUT2D eigenvalue weighted by molar-refractivity contribution is 6.87. The van der Waals surface area contributed by atoms with Gasteiger partial charge in [0, 0.05) is 12.7 Å². The van der Waals surface area contributed by atoms with Gasteiger partial charge in [-0.3, -0.25) is 0 Å². The highest BCUT2D eigenvalue weighted by Gasteiger charge is 2.54. The van der Waals surface area contributed by atoms with E-state index in [4.69, 9.17) is 26.2 Å². The molecular weight excluding hydrogens is 441 g/mol. The smallest absolute Gasteiger partial charge is 0.460 e. The molecule has 0 spiro atoms. The number of esters is 1. The first kappa shape index (κ1) is 28.9. The Bertz CT molecular complexity index is 469. The van der Waals surface area contributed by atoms with Crippen LogP contribution < -0.4 is 0 Å². The van der Waals surface area contributed by atoms with Gasteiger partial charge in [-0.1, -0.05) is 13.5 Å². The van der Waals surface area contributed by atoms with Crippen LogP contribution in [0.3, 0.4) is 0 Å². The summed E-state index contributed by atoms with van der Waals surface area (Å²) < 4.78 is 36.8. The van der Waals surface area contributed by atoms with Crippen molar-refractivity contribution in [2.24, 2.45) is 0 Å². The zero-order chi connectivity index (χ0) is 22.9. The molecule has 0 bridgehead atoms. The molecule has 0 rings (SSSR count). The van der Waals surface area contributed by atoms with Gasteiger partial charge in [0.2, 0.25) is 0 Å². The molecule has 0 heterocycles. The summed E-state index contributed by atoms with van der Waals surface area (Å²) in [5, 5.41) is 0. The Morgan fingerprint density at radius 3 is 1.66 bits per heavy atom. The Morgan fingerprint density at radius 2 is 1.31 bits per heavy atom. The van der Waals surface area contributed by atoms with Crippen LogP contribution in [0.4, 0.5) is 0 Å². The maximum Gasteiger partial charge on any atom is 0.647 e. The molecule has 0 N–H and O–H groups in total. The quantitative estimate of drug-likeness (QED) is 0.193. The van der Waals surface area contributed by atoms with Crippen molar-refractivity contribution in [3.8, 4) is 0 Å². The standard InChI is InChI=1S/C18H42O7Si4/c1-12-14-20-17(15-21-18(19)13-2)16-22-29(23-26(3,4)5,24-27(6,7)8)25-28(9,10)11/h13,17H,2,12,14-16H2,1,3-11H3. The first-order valence-corrected chi connectivity index (χ1v) is 22.0. The number of ether oxygens (including phenoxy) is 2. The predicted octanol–water partition coefficient (Wildman–Crippen LogP) is 4.52. The second kappa shape index (κ2) is 12.1. The van der Waals surface area contributed by atoms with Gasteiger partial charge in [-0.05, 0) is 65.3 Å². The van der Waals surface area contributed by atoms with Gasteiger partial charge in [-0.2, -0.15) is 0 Å². The van der Waals surface area contributed by atoms with E-state index in [2.05, 4.69) is 65.5 Å². The molecule has 11 heteroatoms. The Labute approximate surface area is 181 Å². The highest BCUT2D eigenvalue weighted by Crippen LogP contribution is 2.27. The van der Waals surface area contributed by atoms with Crippen LogP contribution in [0, 0.1) is 0 Å². The Balaban J connectivity index is 5.63.